The molecule has 0 aliphatic heterocycles. The van der Waals surface area contributed by atoms with Crippen molar-refractivity contribution in [1.82, 2.24) is 9.97 Å². The molecule has 0 amide bonds. The van der Waals surface area contributed by atoms with Gasteiger partial charge in [-0.2, -0.15) is 0 Å². The van der Waals surface area contributed by atoms with Crippen molar-refractivity contribution in [3.05, 3.63) is 76.6 Å². The zero-order valence-corrected chi connectivity index (χ0v) is 15.5. The zero-order chi connectivity index (χ0) is 18.6. The molecule has 0 radical (unpaired) electrons. The van der Waals surface area contributed by atoms with Crippen LogP contribution < -0.4 is 0 Å². The van der Waals surface area contributed by atoms with E-state index in [0.29, 0.717) is 22.2 Å². The number of esters is 1. The third kappa shape index (κ3) is 4.07. The molecule has 0 spiro atoms. The Balaban J connectivity index is 1.37. The van der Waals surface area contributed by atoms with Gasteiger partial charge in [0.15, 0.2) is 5.58 Å². The molecule has 0 unspecified atom stereocenters. The molecule has 0 N–H and O–H groups in total. The molecule has 0 saturated heterocycles. The Hall–Kier alpha value is -2.96. The average Bonchev–Trinajstić information content (AvgIpc) is 3.31. The van der Waals surface area contributed by atoms with E-state index in [9.17, 15) is 4.79 Å². The van der Waals surface area contributed by atoms with Gasteiger partial charge in [-0.1, -0.05) is 41.9 Å². The van der Waals surface area contributed by atoms with Gasteiger partial charge in [0.1, 0.15) is 17.1 Å². The second kappa shape index (κ2) is 7.73. The van der Waals surface area contributed by atoms with Crippen molar-refractivity contribution in [2.75, 3.05) is 0 Å². The minimum absolute atomic E-state index is 0.0810. The summed E-state index contributed by atoms with van der Waals surface area (Å²) in [5, 5.41) is 3.27. The topological polar surface area (TPSA) is 65.2 Å². The van der Waals surface area contributed by atoms with Gasteiger partial charge in [-0.3, -0.25) is 0 Å². The highest BCUT2D eigenvalue weighted by molar-refractivity contribution is 7.13. The summed E-state index contributed by atoms with van der Waals surface area (Å²) in [6, 6.07) is 14.9. The molecule has 0 fully saturated rings. The summed E-state index contributed by atoms with van der Waals surface area (Å²) in [7, 11) is 0. The minimum atomic E-state index is -0.496. The number of hydrogen-bond donors (Lipinski definition) is 0. The lowest BCUT2D eigenvalue weighted by Gasteiger charge is -1.99. The SMILES string of the molecule is O=C(/C=C/c1nc2ccccc2o1)OCc1csc(-c2ccccc2Cl)n1. The molecule has 0 saturated carbocycles. The van der Waals surface area contributed by atoms with Gasteiger partial charge in [-0.25, -0.2) is 14.8 Å². The number of rotatable bonds is 5. The van der Waals surface area contributed by atoms with Crippen LogP contribution in [0.25, 0.3) is 27.7 Å². The standard InChI is InChI=1S/C20H13ClN2O3S/c21-15-6-2-1-5-14(15)20-22-13(12-27-20)11-25-19(24)10-9-18-23-16-7-3-4-8-17(16)26-18/h1-10,12H,11H2/b10-9+. The average molecular weight is 397 g/mol. The number of thiazole rings is 1. The van der Waals surface area contributed by atoms with Gasteiger partial charge in [-0.05, 0) is 18.2 Å². The van der Waals surface area contributed by atoms with Crippen LogP contribution in [0.3, 0.4) is 0 Å². The lowest BCUT2D eigenvalue weighted by Crippen LogP contribution is -2.01. The highest BCUT2D eigenvalue weighted by Crippen LogP contribution is 2.30. The Morgan fingerprint density at radius 3 is 2.81 bits per heavy atom. The number of para-hydroxylation sites is 2. The van der Waals surface area contributed by atoms with Gasteiger partial charge in [0.05, 0.1) is 10.7 Å². The molecule has 7 heteroatoms. The molecule has 2 aromatic carbocycles. The number of nitrogens with zero attached hydrogens (tertiary/aromatic N) is 2. The summed E-state index contributed by atoms with van der Waals surface area (Å²) in [6.45, 7) is 0.0810. The van der Waals surface area contributed by atoms with E-state index in [2.05, 4.69) is 9.97 Å². The Morgan fingerprint density at radius 1 is 1.15 bits per heavy atom. The highest BCUT2D eigenvalue weighted by atomic mass is 35.5. The van der Waals surface area contributed by atoms with Crippen LogP contribution in [0.5, 0.6) is 0 Å². The normalized spacial score (nSPS) is 11.3. The van der Waals surface area contributed by atoms with Crippen LogP contribution in [0.15, 0.2) is 64.4 Å². The van der Waals surface area contributed by atoms with Crippen LogP contribution in [0.1, 0.15) is 11.6 Å². The largest absolute Gasteiger partial charge is 0.456 e. The molecule has 2 aromatic heterocycles. The van der Waals surface area contributed by atoms with Crippen molar-refractivity contribution in [1.29, 1.82) is 0 Å². The van der Waals surface area contributed by atoms with Crippen molar-refractivity contribution in [2.24, 2.45) is 0 Å². The maximum atomic E-state index is 11.9. The van der Waals surface area contributed by atoms with Gasteiger partial charge in [-0.15, -0.1) is 11.3 Å². The number of oxazole rings is 1. The molecule has 4 rings (SSSR count). The van der Waals surface area contributed by atoms with Crippen molar-refractivity contribution in [3.8, 4) is 10.6 Å². The molecule has 0 aliphatic carbocycles. The number of hydrogen-bond acceptors (Lipinski definition) is 6. The number of carbonyl (C=O) groups excluding carboxylic acids is 1. The number of aromatic nitrogens is 2. The maximum Gasteiger partial charge on any atom is 0.331 e. The molecule has 4 aromatic rings. The van der Waals surface area contributed by atoms with E-state index < -0.39 is 5.97 Å². The molecule has 2 heterocycles. The van der Waals surface area contributed by atoms with Crippen LogP contribution in [0.2, 0.25) is 5.02 Å². The van der Waals surface area contributed by atoms with E-state index in [0.717, 1.165) is 16.1 Å². The maximum absolute atomic E-state index is 11.9. The van der Waals surface area contributed by atoms with Crippen LogP contribution in [0.4, 0.5) is 0 Å². The fourth-order valence-corrected chi connectivity index (χ4v) is 3.55. The van der Waals surface area contributed by atoms with Gasteiger partial charge in [0, 0.05) is 23.1 Å². The Morgan fingerprint density at radius 2 is 1.96 bits per heavy atom. The molecule has 0 bridgehead atoms. The fraction of sp³-hybridized carbons (Fsp3) is 0.0500. The van der Waals surface area contributed by atoms with Crippen LogP contribution in [-0.2, 0) is 16.1 Å². The molecular weight excluding hydrogens is 384 g/mol. The lowest BCUT2D eigenvalue weighted by molar-refractivity contribution is -0.139. The summed E-state index contributed by atoms with van der Waals surface area (Å²) < 4.78 is 10.7. The summed E-state index contributed by atoms with van der Waals surface area (Å²) in [6.07, 6.45) is 2.77. The number of carbonyl (C=O) groups is 1. The first-order valence-corrected chi connectivity index (χ1v) is 9.34. The minimum Gasteiger partial charge on any atom is -0.456 e. The number of halogens is 1. The van der Waals surface area contributed by atoms with Crippen LogP contribution >= 0.6 is 22.9 Å². The van der Waals surface area contributed by atoms with Crippen molar-refractivity contribution < 1.29 is 13.9 Å². The third-order valence-corrected chi connectivity index (χ3v) is 4.94. The van der Waals surface area contributed by atoms with Crippen LogP contribution in [-0.4, -0.2) is 15.9 Å². The Bertz CT molecular complexity index is 1100. The number of benzene rings is 2. The van der Waals surface area contributed by atoms with E-state index >= 15 is 0 Å². The van der Waals surface area contributed by atoms with E-state index in [1.165, 1.54) is 23.5 Å². The van der Waals surface area contributed by atoms with E-state index in [-0.39, 0.29) is 6.61 Å². The van der Waals surface area contributed by atoms with Crippen molar-refractivity contribution in [3.63, 3.8) is 0 Å². The smallest absolute Gasteiger partial charge is 0.331 e. The summed E-state index contributed by atoms with van der Waals surface area (Å²) in [5.74, 6) is -0.146. The second-order valence-corrected chi connectivity index (χ2v) is 6.85. The second-order valence-electron chi connectivity index (χ2n) is 5.58. The quantitative estimate of drug-likeness (QED) is 0.335. The van der Waals surface area contributed by atoms with Gasteiger partial charge >= 0.3 is 5.97 Å². The van der Waals surface area contributed by atoms with Crippen molar-refractivity contribution in [2.45, 2.75) is 6.61 Å². The summed E-state index contributed by atoms with van der Waals surface area (Å²) in [4.78, 5) is 20.6. The molecule has 0 atom stereocenters. The van der Waals surface area contributed by atoms with E-state index in [1.807, 2.05) is 53.9 Å². The predicted octanol–water partition coefficient (Wildman–Crippen LogP) is 5.36. The highest BCUT2D eigenvalue weighted by Gasteiger charge is 2.09. The molecule has 27 heavy (non-hydrogen) atoms. The molecule has 5 nitrogen and oxygen atoms in total. The van der Waals surface area contributed by atoms with Gasteiger partial charge in [0.25, 0.3) is 0 Å². The number of ether oxygens (including phenoxy) is 1. The first kappa shape index (κ1) is 17.5. The Labute approximate surface area is 163 Å². The molecular formula is C20H13ClN2O3S. The summed E-state index contributed by atoms with van der Waals surface area (Å²) in [5.41, 5.74) is 2.93. The van der Waals surface area contributed by atoms with E-state index in [4.69, 9.17) is 20.8 Å². The molecule has 0 aliphatic rings. The first-order chi connectivity index (χ1) is 13.2. The van der Waals surface area contributed by atoms with E-state index in [1.54, 1.807) is 0 Å². The summed E-state index contributed by atoms with van der Waals surface area (Å²) >= 11 is 7.63. The van der Waals surface area contributed by atoms with Gasteiger partial charge < -0.3 is 9.15 Å². The first-order valence-electron chi connectivity index (χ1n) is 8.09. The van der Waals surface area contributed by atoms with Crippen molar-refractivity contribution >= 4 is 46.1 Å². The Kier molecular flexibility index (Phi) is 5.00. The molecule has 134 valence electrons. The fourth-order valence-electron chi connectivity index (χ4n) is 2.43. The monoisotopic (exact) mass is 396 g/mol. The predicted molar refractivity (Wildman–Crippen MR) is 105 cm³/mol. The lowest BCUT2D eigenvalue weighted by atomic mass is 10.2. The van der Waals surface area contributed by atoms with Crippen LogP contribution in [0, 0.1) is 0 Å². The third-order valence-electron chi connectivity index (χ3n) is 3.69. The van der Waals surface area contributed by atoms with Gasteiger partial charge in [0.2, 0.25) is 5.89 Å². The zero-order valence-electron chi connectivity index (χ0n) is 14.0. The number of fused-ring (bicyclic) bond motifs is 1.